The summed E-state index contributed by atoms with van der Waals surface area (Å²) in [6.45, 7) is 0.387. The lowest BCUT2D eigenvalue weighted by Crippen LogP contribution is -2.27. The molecule has 0 unspecified atom stereocenters. The van der Waals surface area contributed by atoms with Gasteiger partial charge in [-0.3, -0.25) is 14.5 Å². The van der Waals surface area contributed by atoms with Gasteiger partial charge < -0.3 is 9.47 Å². The second-order valence-corrected chi connectivity index (χ2v) is 9.75. The number of ether oxygens (including phenoxy) is 2. The van der Waals surface area contributed by atoms with Crippen LogP contribution >= 0.6 is 39.3 Å². The fourth-order valence-electron chi connectivity index (χ4n) is 3.38. The Morgan fingerprint density at radius 1 is 1.14 bits per heavy atom. The Hall–Kier alpha value is -3.25. The van der Waals surface area contributed by atoms with Gasteiger partial charge in [0.15, 0.2) is 11.5 Å². The highest BCUT2D eigenvalue weighted by Gasteiger charge is 2.35. The average molecular weight is 570 g/mol. The van der Waals surface area contributed by atoms with Crippen molar-refractivity contribution in [2.45, 2.75) is 13.2 Å². The molecule has 4 rings (SSSR count). The first-order chi connectivity index (χ1) is 16.9. The Morgan fingerprint density at radius 2 is 1.89 bits per heavy atom. The Bertz CT molecular complexity index is 1370. The van der Waals surface area contributed by atoms with Crippen molar-refractivity contribution in [3.05, 3.63) is 97.3 Å². The van der Waals surface area contributed by atoms with Crippen molar-refractivity contribution in [1.29, 1.82) is 5.26 Å². The Morgan fingerprint density at radius 3 is 2.57 bits per heavy atom. The van der Waals surface area contributed by atoms with E-state index in [-0.39, 0.29) is 24.3 Å². The molecule has 0 saturated carbocycles. The van der Waals surface area contributed by atoms with Crippen molar-refractivity contribution < 1.29 is 19.1 Å². The number of rotatable bonds is 7. The summed E-state index contributed by atoms with van der Waals surface area (Å²) in [6.07, 6.45) is 1.65. The number of nitriles is 1. The van der Waals surface area contributed by atoms with E-state index in [4.69, 9.17) is 26.3 Å². The van der Waals surface area contributed by atoms with Gasteiger partial charge in [-0.2, -0.15) is 5.26 Å². The van der Waals surface area contributed by atoms with Crippen LogP contribution in [0.1, 0.15) is 22.3 Å². The number of carbonyl (C=O) groups is 2. The molecule has 0 N–H and O–H groups in total. The molecule has 0 aliphatic carbocycles. The van der Waals surface area contributed by atoms with Crippen LogP contribution in [0.2, 0.25) is 5.02 Å². The molecule has 0 bridgehead atoms. The average Bonchev–Trinajstić information content (AvgIpc) is 3.12. The third-order valence-electron chi connectivity index (χ3n) is 5.18. The van der Waals surface area contributed by atoms with Gasteiger partial charge in [0.25, 0.3) is 11.1 Å². The molecule has 1 aliphatic heterocycles. The number of amides is 2. The van der Waals surface area contributed by atoms with Crippen LogP contribution in [0.5, 0.6) is 11.5 Å². The highest BCUT2D eigenvalue weighted by Crippen LogP contribution is 2.40. The quantitative estimate of drug-likeness (QED) is 0.291. The molecule has 0 spiro atoms. The Kier molecular flexibility index (Phi) is 7.81. The van der Waals surface area contributed by atoms with E-state index >= 15 is 0 Å². The van der Waals surface area contributed by atoms with Gasteiger partial charge in [-0.05, 0) is 80.8 Å². The summed E-state index contributed by atoms with van der Waals surface area (Å²) >= 11 is 10.6. The Balaban J connectivity index is 1.52. The molecule has 9 heteroatoms. The molecule has 3 aromatic carbocycles. The zero-order chi connectivity index (χ0) is 24.9. The van der Waals surface area contributed by atoms with Crippen molar-refractivity contribution in [2.24, 2.45) is 0 Å². The molecule has 3 aromatic rings. The highest BCUT2D eigenvalue weighted by atomic mass is 79.9. The molecule has 1 aliphatic rings. The number of halogens is 2. The van der Waals surface area contributed by atoms with Gasteiger partial charge in [0.2, 0.25) is 0 Å². The van der Waals surface area contributed by atoms with E-state index in [0.717, 1.165) is 17.3 Å². The van der Waals surface area contributed by atoms with Crippen molar-refractivity contribution in [2.75, 3.05) is 7.11 Å². The van der Waals surface area contributed by atoms with Gasteiger partial charge in [0.05, 0.1) is 34.7 Å². The van der Waals surface area contributed by atoms with Crippen LogP contribution in [-0.4, -0.2) is 23.2 Å². The molecule has 0 aromatic heterocycles. The largest absolute Gasteiger partial charge is 0.493 e. The molecule has 0 atom stereocenters. The minimum absolute atomic E-state index is 0.108. The first-order valence-electron chi connectivity index (χ1n) is 10.4. The Labute approximate surface area is 220 Å². The van der Waals surface area contributed by atoms with Crippen LogP contribution in [-0.2, 0) is 17.9 Å². The highest BCUT2D eigenvalue weighted by molar-refractivity contribution is 9.10. The SMILES string of the molecule is COc1cc(/C=C2\SC(=O)N(Cc3ccccc3Cl)C2=O)cc(Br)c1OCc1ccc(C#N)cc1. The van der Waals surface area contributed by atoms with E-state index < -0.39 is 0 Å². The minimum Gasteiger partial charge on any atom is -0.493 e. The van der Waals surface area contributed by atoms with Crippen LogP contribution in [0.15, 0.2) is 70.0 Å². The van der Waals surface area contributed by atoms with Crippen LogP contribution in [0.4, 0.5) is 4.79 Å². The smallest absolute Gasteiger partial charge is 0.293 e. The monoisotopic (exact) mass is 568 g/mol. The second-order valence-electron chi connectivity index (χ2n) is 7.49. The standard InChI is InChI=1S/C26H18BrClN2O4S/c1-33-22-11-18(10-20(27)24(22)34-15-17-8-6-16(13-29)7-9-17)12-23-25(31)30(26(32)35-23)14-19-4-2-3-5-21(19)28/h2-12H,14-15H2,1H3/b23-12-. The molecular weight excluding hydrogens is 552 g/mol. The predicted molar refractivity (Wildman–Crippen MR) is 139 cm³/mol. The van der Waals surface area contributed by atoms with Gasteiger partial charge in [-0.15, -0.1) is 0 Å². The first kappa shape index (κ1) is 24.9. The number of thioether (sulfide) groups is 1. The normalized spacial score (nSPS) is 14.3. The number of benzene rings is 3. The second kappa shape index (κ2) is 11.0. The van der Waals surface area contributed by atoms with Gasteiger partial charge in [-0.25, -0.2) is 0 Å². The van der Waals surface area contributed by atoms with Gasteiger partial charge >= 0.3 is 0 Å². The lowest BCUT2D eigenvalue weighted by atomic mass is 10.1. The fraction of sp³-hybridized carbons (Fsp3) is 0.115. The van der Waals surface area contributed by atoms with E-state index in [2.05, 4.69) is 22.0 Å². The molecule has 1 saturated heterocycles. The number of nitrogens with zero attached hydrogens (tertiary/aromatic N) is 2. The third kappa shape index (κ3) is 5.70. The van der Waals surface area contributed by atoms with Crippen LogP contribution in [0.3, 0.4) is 0 Å². The molecule has 6 nitrogen and oxygen atoms in total. The summed E-state index contributed by atoms with van der Waals surface area (Å²) in [5.74, 6) is 0.589. The predicted octanol–water partition coefficient (Wildman–Crippen LogP) is 6.80. The van der Waals surface area contributed by atoms with Crippen LogP contribution < -0.4 is 9.47 Å². The lowest BCUT2D eigenvalue weighted by Gasteiger charge is -2.14. The maximum Gasteiger partial charge on any atom is 0.293 e. The molecule has 2 amide bonds. The summed E-state index contributed by atoms with van der Waals surface area (Å²) < 4.78 is 12.1. The zero-order valence-corrected chi connectivity index (χ0v) is 21.6. The molecule has 0 radical (unpaired) electrons. The maximum atomic E-state index is 12.9. The van der Waals surface area contributed by atoms with Crippen molar-refractivity contribution >= 4 is 56.5 Å². The summed E-state index contributed by atoms with van der Waals surface area (Å²) in [6, 6.07) is 19.8. The van der Waals surface area contributed by atoms with Crippen LogP contribution in [0.25, 0.3) is 6.08 Å². The number of methoxy groups -OCH3 is 1. The summed E-state index contributed by atoms with van der Waals surface area (Å²) in [7, 11) is 1.53. The summed E-state index contributed by atoms with van der Waals surface area (Å²) in [5, 5.41) is 9.08. The van der Waals surface area contributed by atoms with Crippen molar-refractivity contribution in [3.63, 3.8) is 0 Å². The number of carbonyl (C=O) groups excluding carboxylic acids is 2. The van der Waals surface area contributed by atoms with Gasteiger partial charge in [0, 0.05) is 5.02 Å². The topological polar surface area (TPSA) is 79.6 Å². The van der Waals surface area contributed by atoms with Gasteiger partial charge in [0.1, 0.15) is 6.61 Å². The fourth-order valence-corrected chi connectivity index (χ4v) is 4.99. The zero-order valence-electron chi connectivity index (χ0n) is 18.5. The van der Waals surface area contributed by atoms with E-state index in [1.807, 2.05) is 18.2 Å². The third-order valence-corrected chi connectivity index (χ3v) is 7.04. The van der Waals surface area contributed by atoms with Crippen molar-refractivity contribution in [3.8, 4) is 17.6 Å². The summed E-state index contributed by atoms with van der Waals surface area (Å²) in [5.41, 5.74) is 2.84. The van der Waals surface area contributed by atoms with Crippen LogP contribution in [0, 0.1) is 11.3 Å². The molecule has 1 fully saturated rings. The molecule has 35 heavy (non-hydrogen) atoms. The lowest BCUT2D eigenvalue weighted by molar-refractivity contribution is -0.123. The van der Waals surface area contributed by atoms with E-state index in [1.54, 1.807) is 48.5 Å². The van der Waals surface area contributed by atoms with E-state index in [9.17, 15) is 9.59 Å². The molecular formula is C26H18BrClN2O4S. The number of imide groups is 1. The molecule has 1 heterocycles. The number of hydrogen-bond acceptors (Lipinski definition) is 6. The number of hydrogen-bond donors (Lipinski definition) is 0. The van der Waals surface area contributed by atoms with E-state index in [0.29, 0.717) is 42.6 Å². The van der Waals surface area contributed by atoms with Gasteiger partial charge in [-0.1, -0.05) is 41.9 Å². The maximum absolute atomic E-state index is 12.9. The molecule has 176 valence electrons. The summed E-state index contributed by atoms with van der Waals surface area (Å²) in [4.78, 5) is 26.9. The van der Waals surface area contributed by atoms with Crippen molar-refractivity contribution in [1.82, 2.24) is 4.90 Å². The van der Waals surface area contributed by atoms with E-state index in [1.165, 1.54) is 12.0 Å². The minimum atomic E-state index is -0.379. The first-order valence-corrected chi connectivity index (χ1v) is 12.4.